The number of fused-ring (bicyclic) bond motifs is 1. The molecule has 1 aliphatic heterocycles. The number of aryl methyl sites for hydroxylation is 1. The van der Waals surface area contributed by atoms with Crippen LogP contribution < -0.4 is 5.32 Å². The lowest BCUT2D eigenvalue weighted by molar-refractivity contribution is 0.0867. The van der Waals surface area contributed by atoms with Crippen LogP contribution in [0.3, 0.4) is 0 Å². The van der Waals surface area contributed by atoms with Crippen molar-refractivity contribution in [2.24, 2.45) is 5.92 Å². The number of hydrogen-bond acceptors (Lipinski definition) is 3. The molecule has 3 rings (SSSR count). The third-order valence-corrected chi connectivity index (χ3v) is 6.16. The first-order valence-corrected chi connectivity index (χ1v) is 8.85. The summed E-state index contributed by atoms with van der Waals surface area (Å²) in [5.41, 5.74) is 1.44. The van der Waals surface area contributed by atoms with E-state index in [1.807, 2.05) is 11.3 Å². The van der Waals surface area contributed by atoms with Crippen molar-refractivity contribution >= 4 is 21.4 Å². The molecule has 2 heterocycles. The van der Waals surface area contributed by atoms with Gasteiger partial charge in [-0.25, -0.2) is 0 Å². The number of ether oxygens (including phenoxy) is 1. The Labute approximate surface area is 131 Å². The highest BCUT2D eigenvalue weighted by atomic mass is 32.1. The van der Waals surface area contributed by atoms with E-state index in [1.165, 1.54) is 26.9 Å². The first kappa shape index (κ1) is 15.0. The van der Waals surface area contributed by atoms with Gasteiger partial charge in [0.25, 0.3) is 0 Å². The van der Waals surface area contributed by atoms with Gasteiger partial charge in [0, 0.05) is 28.8 Å². The number of hydrogen-bond donors (Lipinski definition) is 1. The maximum Gasteiger partial charge on any atom is 0.0613 e. The Morgan fingerprint density at radius 2 is 2.19 bits per heavy atom. The zero-order chi connectivity index (χ0) is 14.8. The molecule has 0 saturated carbocycles. The van der Waals surface area contributed by atoms with Crippen LogP contribution in [-0.4, -0.2) is 19.3 Å². The quantitative estimate of drug-likeness (QED) is 0.866. The van der Waals surface area contributed by atoms with E-state index in [4.69, 9.17) is 4.74 Å². The zero-order valence-corrected chi connectivity index (χ0v) is 14.0. The van der Waals surface area contributed by atoms with E-state index < -0.39 is 0 Å². The van der Waals surface area contributed by atoms with E-state index in [0.29, 0.717) is 18.1 Å². The van der Waals surface area contributed by atoms with Crippen molar-refractivity contribution in [3.05, 3.63) is 34.7 Å². The standard InChI is InChI=1S/C18H25NOS/c1-4-16-14(9-10-20-16)11-19-13(3)18-12(2)15-7-5-6-8-17(15)21-18/h5-8,13-14,16,19H,4,9-11H2,1-3H3. The van der Waals surface area contributed by atoms with Gasteiger partial charge >= 0.3 is 0 Å². The molecule has 0 spiro atoms. The molecule has 1 aromatic carbocycles. The topological polar surface area (TPSA) is 21.3 Å². The van der Waals surface area contributed by atoms with E-state index in [0.717, 1.165) is 19.6 Å². The number of nitrogens with one attached hydrogen (secondary N) is 1. The van der Waals surface area contributed by atoms with Gasteiger partial charge in [-0.2, -0.15) is 0 Å². The molecule has 3 heteroatoms. The van der Waals surface area contributed by atoms with Crippen LogP contribution in [-0.2, 0) is 4.74 Å². The molecular weight excluding hydrogens is 278 g/mol. The Balaban J connectivity index is 1.69. The second-order valence-electron chi connectivity index (χ2n) is 6.08. The molecule has 1 fully saturated rings. The summed E-state index contributed by atoms with van der Waals surface area (Å²) in [4.78, 5) is 1.48. The first-order chi connectivity index (χ1) is 10.2. The minimum absolute atomic E-state index is 0.417. The maximum atomic E-state index is 5.79. The Kier molecular flexibility index (Phi) is 4.63. The van der Waals surface area contributed by atoms with E-state index in [9.17, 15) is 0 Å². The Morgan fingerprint density at radius 1 is 1.38 bits per heavy atom. The van der Waals surface area contributed by atoms with Crippen molar-refractivity contribution in [1.29, 1.82) is 0 Å². The molecule has 2 aromatic rings. The van der Waals surface area contributed by atoms with Crippen LogP contribution >= 0.6 is 11.3 Å². The molecule has 2 nitrogen and oxygen atoms in total. The molecule has 0 bridgehead atoms. The maximum absolute atomic E-state index is 5.79. The molecule has 21 heavy (non-hydrogen) atoms. The summed E-state index contributed by atoms with van der Waals surface area (Å²) in [6.45, 7) is 8.76. The molecule has 1 saturated heterocycles. The predicted octanol–water partition coefficient (Wildman–Crippen LogP) is 4.68. The summed E-state index contributed by atoms with van der Waals surface area (Å²) >= 11 is 1.93. The van der Waals surface area contributed by atoms with Crippen molar-refractivity contribution in [1.82, 2.24) is 5.32 Å². The fraction of sp³-hybridized carbons (Fsp3) is 0.556. The average Bonchev–Trinajstić information content (AvgIpc) is 3.09. The molecule has 3 unspecified atom stereocenters. The van der Waals surface area contributed by atoms with Gasteiger partial charge in [0.1, 0.15) is 0 Å². The summed E-state index contributed by atoms with van der Waals surface area (Å²) in [5, 5.41) is 5.14. The molecule has 0 radical (unpaired) electrons. The van der Waals surface area contributed by atoms with Crippen molar-refractivity contribution in [2.75, 3.05) is 13.2 Å². The van der Waals surface area contributed by atoms with Gasteiger partial charge < -0.3 is 10.1 Å². The van der Waals surface area contributed by atoms with Gasteiger partial charge in [0.2, 0.25) is 0 Å². The molecule has 0 amide bonds. The summed E-state index contributed by atoms with van der Waals surface area (Å²) in [6.07, 6.45) is 2.78. The van der Waals surface area contributed by atoms with Crippen LogP contribution in [0, 0.1) is 12.8 Å². The lowest BCUT2D eigenvalue weighted by atomic mass is 9.99. The van der Waals surface area contributed by atoms with Crippen LogP contribution in [0.25, 0.3) is 10.1 Å². The van der Waals surface area contributed by atoms with Gasteiger partial charge in [-0.15, -0.1) is 11.3 Å². The predicted molar refractivity (Wildman–Crippen MR) is 91.1 cm³/mol. The Hall–Kier alpha value is -0.900. The third-order valence-electron chi connectivity index (χ3n) is 4.71. The van der Waals surface area contributed by atoms with Crippen molar-refractivity contribution in [2.45, 2.75) is 45.8 Å². The second-order valence-corrected chi connectivity index (χ2v) is 7.17. The number of thiophene rings is 1. The summed E-state index contributed by atoms with van der Waals surface area (Å²) in [5.74, 6) is 0.673. The fourth-order valence-electron chi connectivity index (χ4n) is 3.40. The summed E-state index contributed by atoms with van der Waals surface area (Å²) < 4.78 is 7.18. The highest BCUT2D eigenvalue weighted by Gasteiger charge is 2.27. The van der Waals surface area contributed by atoms with Gasteiger partial charge in [-0.1, -0.05) is 25.1 Å². The van der Waals surface area contributed by atoms with Gasteiger partial charge in [0.05, 0.1) is 6.10 Å². The highest BCUT2D eigenvalue weighted by molar-refractivity contribution is 7.19. The first-order valence-electron chi connectivity index (χ1n) is 8.03. The summed E-state index contributed by atoms with van der Waals surface area (Å²) in [6, 6.07) is 9.13. The molecule has 1 aromatic heterocycles. The summed E-state index contributed by atoms with van der Waals surface area (Å²) in [7, 11) is 0. The third kappa shape index (κ3) is 3.01. The Morgan fingerprint density at radius 3 is 2.95 bits per heavy atom. The largest absolute Gasteiger partial charge is 0.378 e. The normalized spacial score (nSPS) is 23.8. The smallest absolute Gasteiger partial charge is 0.0613 e. The molecule has 114 valence electrons. The van der Waals surface area contributed by atoms with Crippen LogP contribution in [0.15, 0.2) is 24.3 Å². The van der Waals surface area contributed by atoms with Gasteiger partial charge in [-0.3, -0.25) is 0 Å². The average molecular weight is 303 g/mol. The monoisotopic (exact) mass is 303 g/mol. The van der Waals surface area contributed by atoms with E-state index in [1.54, 1.807) is 0 Å². The SMILES string of the molecule is CCC1OCCC1CNC(C)c1sc2ccccc2c1C. The molecular formula is C18H25NOS. The van der Waals surface area contributed by atoms with Crippen molar-refractivity contribution in [3.8, 4) is 0 Å². The fourth-order valence-corrected chi connectivity index (χ4v) is 4.64. The number of rotatable bonds is 5. The van der Waals surface area contributed by atoms with E-state index in [2.05, 4.69) is 50.4 Å². The number of benzene rings is 1. The van der Waals surface area contributed by atoms with Gasteiger partial charge in [-0.05, 0) is 49.6 Å². The van der Waals surface area contributed by atoms with Crippen molar-refractivity contribution in [3.63, 3.8) is 0 Å². The molecule has 1 aliphatic rings. The van der Waals surface area contributed by atoms with E-state index >= 15 is 0 Å². The lowest BCUT2D eigenvalue weighted by Gasteiger charge is -2.20. The van der Waals surface area contributed by atoms with Crippen molar-refractivity contribution < 1.29 is 4.74 Å². The second kappa shape index (κ2) is 6.47. The van der Waals surface area contributed by atoms with Crippen LogP contribution in [0.5, 0.6) is 0 Å². The van der Waals surface area contributed by atoms with Crippen LogP contribution in [0.1, 0.15) is 43.2 Å². The molecule has 0 aliphatic carbocycles. The highest BCUT2D eigenvalue weighted by Crippen LogP contribution is 2.34. The van der Waals surface area contributed by atoms with Crippen LogP contribution in [0.4, 0.5) is 0 Å². The molecule has 3 atom stereocenters. The minimum atomic E-state index is 0.417. The minimum Gasteiger partial charge on any atom is -0.378 e. The Bertz CT molecular complexity index is 606. The molecule has 1 N–H and O–H groups in total. The van der Waals surface area contributed by atoms with Gasteiger partial charge in [0.15, 0.2) is 0 Å². The van der Waals surface area contributed by atoms with Crippen LogP contribution in [0.2, 0.25) is 0 Å². The lowest BCUT2D eigenvalue weighted by Crippen LogP contribution is -2.30. The van der Waals surface area contributed by atoms with E-state index in [-0.39, 0.29) is 0 Å². The zero-order valence-electron chi connectivity index (χ0n) is 13.2.